The highest BCUT2D eigenvalue weighted by Gasteiger charge is 2.71. The number of pyridine rings is 1. The summed E-state index contributed by atoms with van der Waals surface area (Å²) < 4.78 is 45.4. The van der Waals surface area contributed by atoms with Gasteiger partial charge in [0.25, 0.3) is 11.8 Å². The van der Waals surface area contributed by atoms with E-state index in [9.17, 15) is 37.5 Å². The maximum Gasteiger partial charge on any atom is 0.423 e. The van der Waals surface area contributed by atoms with Crippen molar-refractivity contribution in [3.63, 3.8) is 0 Å². The highest BCUT2D eigenvalue weighted by atomic mass is 79.9. The van der Waals surface area contributed by atoms with Crippen LogP contribution in [0.1, 0.15) is 35.4 Å². The van der Waals surface area contributed by atoms with Crippen molar-refractivity contribution in [2.45, 2.75) is 30.4 Å². The number of amides is 5. The van der Waals surface area contributed by atoms with Crippen LogP contribution in [0.25, 0.3) is 0 Å². The third-order valence-electron chi connectivity index (χ3n) is 10.2. The molecule has 2 aliphatic carbocycles. The SMILES string of the molecule is COC(=O)N1C(=O)C2CC=C3C(CC4C(=O)N(Nc5ncc(C(F)(F)F)cc5Cl)C(=O)C4(c4ccc(Cl)cc4)C3c3cc(Br)ccc3O)C2C1=O. The van der Waals surface area contributed by atoms with Crippen molar-refractivity contribution in [2.24, 2.45) is 23.7 Å². The molecule has 3 aromatic rings. The van der Waals surface area contributed by atoms with Crippen molar-refractivity contribution >= 4 is 74.7 Å². The lowest BCUT2D eigenvalue weighted by molar-refractivity contribution is -0.140. The van der Waals surface area contributed by atoms with Gasteiger partial charge in [0.15, 0.2) is 5.82 Å². The zero-order valence-electron chi connectivity index (χ0n) is 26.1. The molecule has 17 heteroatoms. The van der Waals surface area contributed by atoms with Crippen molar-refractivity contribution in [3.8, 4) is 5.75 Å². The molecule has 0 bridgehead atoms. The first-order valence-electron chi connectivity index (χ1n) is 15.4. The fourth-order valence-corrected chi connectivity index (χ4v) is 8.87. The molecule has 1 aromatic heterocycles. The number of nitrogens with zero attached hydrogens (tertiary/aromatic N) is 3. The average molecular weight is 808 g/mol. The van der Waals surface area contributed by atoms with Crippen LogP contribution in [0.2, 0.25) is 10.0 Å². The summed E-state index contributed by atoms with van der Waals surface area (Å²) in [5.74, 6) is -9.37. The van der Waals surface area contributed by atoms with Crippen molar-refractivity contribution in [1.82, 2.24) is 14.9 Å². The Labute approximate surface area is 305 Å². The van der Waals surface area contributed by atoms with Gasteiger partial charge in [-0.25, -0.2) is 9.78 Å². The number of ether oxygens (including phenoxy) is 1. The van der Waals surface area contributed by atoms with Gasteiger partial charge in [-0.2, -0.15) is 23.1 Å². The number of methoxy groups -OCH3 is 1. The second kappa shape index (κ2) is 12.3. The minimum atomic E-state index is -4.77. The summed E-state index contributed by atoms with van der Waals surface area (Å²) in [6, 6.07) is 11.3. The molecule has 0 spiro atoms. The smallest absolute Gasteiger partial charge is 0.423 e. The number of imide groups is 4. The number of carbonyl (C=O) groups excluding carboxylic acids is 5. The normalized spacial score (nSPS) is 27.2. The highest BCUT2D eigenvalue weighted by molar-refractivity contribution is 9.10. The lowest BCUT2D eigenvalue weighted by atomic mass is 9.49. The van der Waals surface area contributed by atoms with Crippen LogP contribution in [-0.4, -0.2) is 56.8 Å². The lowest BCUT2D eigenvalue weighted by Gasteiger charge is -2.50. The number of aromatic nitrogens is 1. The number of nitrogens with one attached hydrogen (secondary N) is 1. The van der Waals surface area contributed by atoms with Gasteiger partial charge in [-0.05, 0) is 60.7 Å². The molecular weight excluding hydrogens is 784 g/mol. The summed E-state index contributed by atoms with van der Waals surface area (Å²) in [7, 11) is 1.03. The Hall–Kier alpha value is -4.47. The molecule has 2 aromatic carbocycles. The second-order valence-electron chi connectivity index (χ2n) is 12.6. The summed E-state index contributed by atoms with van der Waals surface area (Å²) in [5.41, 5.74) is 0.507. The molecule has 4 aliphatic rings. The van der Waals surface area contributed by atoms with Crippen molar-refractivity contribution in [2.75, 3.05) is 12.5 Å². The summed E-state index contributed by atoms with van der Waals surface area (Å²) in [6.45, 7) is 0. The zero-order valence-corrected chi connectivity index (χ0v) is 29.2. The third kappa shape index (κ3) is 5.22. The number of likely N-dealkylation sites (tertiary alicyclic amines) is 1. The van der Waals surface area contributed by atoms with Crippen LogP contribution in [0.3, 0.4) is 0 Å². The van der Waals surface area contributed by atoms with Crippen LogP contribution < -0.4 is 5.43 Å². The average Bonchev–Trinajstić information content (AvgIpc) is 3.47. The number of alkyl halides is 3. The summed E-state index contributed by atoms with van der Waals surface area (Å²) in [4.78, 5) is 73.8. The fourth-order valence-electron chi connectivity index (χ4n) is 8.16. The van der Waals surface area contributed by atoms with Gasteiger partial charge in [0.1, 0.15) is 5.75 Å². The van der Waals surface area contributed by atoms with Crippen LogP contribution in [0.4, 0.5) is 23.8 Å². The minimum Gasteiger partial charge on any atom is -0.508 e. The molecule has 2 aliphatic heterocycles. The first kappa shape index (κ1) is 35.0. The lowest BCUT2D eigenvalue weighted by Crippen LogP contribution is -2.53. The van der Waals surface area contributed by atoms with Gasteiger partial charge in [-0.15, -0.1) is 0 Å². The number of fused-ring (bicyclic) bond motifs is 4. The second-order valence-corrected chi connectivity index (χ2v) is 14.4. The topological polar surface area (TPSA) is 146 Å². The number of anilines is 1. The molecule has 0 radical (unpaired) electrons. The van der Waals surface area contributed by atoms with Gasteiger partial charge in [-0.3, -0.25) is 24.6 Å². The molecule has 3 fully saturated rings. The molecule has 11 nitrogen and oxygen atoms in total. The highest BCUT2D eigenvalue weighted by Crippen LogP contribution is 2.65. The molecule has 3 heterocycles. The van der Waals surface area contributed by atoms with Gasteiger partial charge >= 0.3 is 12.3 Å². The molecule has 51 heavy (non-hydrogen) atoms. The van der Waals surface area contributed by atoms with Gasteiger partial charge in [0.05, 0.1) is 40.9 Å². The van der Waals surface area contributed by atoms with Crippen molar-refractivity contribution in [1.29, 1.82) is 0 Å². The number of phenols is 1. The Morgan fingerprint density at radius 1 is 1.04 bits per heavy atom. The molecule has 6 unspecified atom stereocenters. The van der Waals surface area contributed by atoms with E-state index >= 15 is 4.79 Å². The van der Waals surface area contributed by atoms with E-state index in [0.29, 0.717) is 42.8 Å². The monoisotopic (exact) mass is 806 g/mol. The van der Waals surface area contributed by atoms with Crippen LogP contribution in [0, 0.1) is 23.7 Å². The minimum absolute atomic E-state index is 0.00359. The number of halogens is 6. The van der Waals surface area contributed by atoms with Crippen molar-refractivity contribution in [3.05, 3.63) is 97.6 Å². The Morgan fingerprint density at radius 3 is 2.39 bits per heavy atom. The van der Waals surface area contributed by atoms with E-state index in [2.05, 4.69) is 26.3 Å². The first-order valence-corrected chi connectivity index (χ1v) is 16.9. The molecule has 5 amide bonds. The summed E-state index contributed by atoms with van der Waals surface area (Å²) >= 11 is 15.9. The number of hydrazine groups is 1. The molecule has 2 saturated heterocycles. The maximum atomic E-state index is 15.1. The van der Waals surface area contributed by atoms with Gasteiger partial charge in [0.2, 0.25) is 11.8 Å². The van der Waals surface area contributed by atoms with E-state index in [1.165, 1.54) is 18.2 Å². The predicted octanol–water partition coefficient (Wildman–Crippen LogP) is 6.63. The number of allylic oxidation sites excluding steroid dienone is 2. The van der Waals surface area contributed by atoms with Crippen LogP contribution in [-0.2, 0) is 35.5 Å². The number of benzene rings is 2. The number of hydrogen-bond acceptors (Lipinski definition) is 9. The quantitative estimate of drug-likeness (QED) is 0.219. The van der Waals surface area contributed by atoms with E-state index in [1.807, 2.05) is 0 Å². The number of aromatic hydroxyl groups is 1. The van der Waals surface area contributed by atoms with E-state index in [0.717, 1.165) is 7.11 Å². The van der Waals surface area contributed by atoms with Crippen LogP contribution in [0.15, 0.2) is 70.8 Å². The van der Waals surface area contributed by atoms with E-state index in [-0.39, 0.29) is 24.2 Å². The third-order valence-corrected chi connectivity index (χ3v) is 11.2. The van der Waals surface area contributed by atoms with Crippen LogP contribution in [0.5, 0.6) is 5.75 Å². The predicted molar refractivity (Wildman–Crippen MR) is 177 cm³/mol. The van der Waals surface area contributed by atoms with E-state index in [1.54, 1.807) is 30.3 Å². The largest absolute Gasteiger partial charge is 0.508 e. The zero-order chi connectivity index (χ0) is 36.7. The number of phenolic OH excluding ortho intramolecular Hbond substituents is 1. The van der Waals surface area contributed by atoms with E-state index < -0.39 is 87.3 Å². The molecule has 7 rings (SSSR count). The fraction of sp³-hybridized carbons (Fsp3) is 0.294. The number of carbonyl (C=O) groups is 5. The summed E-state index contributed by atoms with van der Waals surface area (Å²) in [6.07, 6.45) is -3.90. The first-order chi connectivity index (χ1) is 24.1. The molecule has 6 atom stereocenters. The van der Waals surface area contributed by atoms with Gasteiger partial charge < -0.3 is 9.84 Å². The van der Waals surface area contributed by atoms with E-state index in [4.69, 9.17) is 27.9 Å². The molecule has 2 N–H and O–H groups in total. The Morgan fingerprint density at radius 2 is 1.75 bits per heavy atom. The van der Waals surface area contributed by atoms with Gasteiger partial charge in [-0.1, -0.05) is 62.9 Å². The Balaban J connectivity index is 1.45. The number of rotatable bonds is 4. The van der Waals surface area contributed by atoms with Crippen LogP contribution >= 0.6 is 39.1 Å². The molecule has 264 valence electrons. The summed E-state index contributed by atoms with van der Waals surface area (Å²) in [5, 5.41) is 11.8. The standard InChI is InChI=1S/C34H24BrCl2F3N4O7/c1-51-32(50)43-28(46)19-8-7-18-20(25(19)30(43)48)12-22-29(47)44(42-27-23(37)10-15(13-41-27)34(38,39)40)31(49)33(22,14-2-5-17(36)6-3-14)26(18)21-11-16(35)4-9-24(21)45/h2-7,9-11,13,19-20,22,25-26,45H,8,12H2,1H3,(H,41,42). The molecular formula is C34H24BrCl2F3N4O7. The Kier molecular flexibility index (Phi) is 8.46. The Bertz CT molecular complexity index is 2080. The number of hydrogen-bond donors (Lipinski definition) is 2. The van der Waals surface area contributed by atoms with Gasteiger partial charge in [0, 0.05) is 27.2 Å². The van der Waals surface area contributed by atoms with Crippen molar-refractivity contribution < 1.29 is 47.0 Å². The maximum absolute atomic E-state index is 15.1. The molecule has 1 saturated carbocycles.